The molecule has 2 heterocycles. The van der Waals surface area contributed by atoms with Crippen LogP contribution in [0.5, 0.6) is 11.5 Å². The predicted molar refractivity (Wildman–Crippen MR) is 120 cm³/mol. The minimum Gasteiger partial charge on any atom is -0.493 e. The molecule has 1 N–H and O–H groups in total. The molecule has 0 aliphatic heterocycles. The van der Waals surface area contributed by atoms with Gasteiger partial charge in [-0.2, -0.15) is 0 Å². The van der Waals surface area contributed by atoms with Gasteiger partial charge < -0.3 is 14.6 Å². The van der Waals surface area contributed by atoms with Crippen LogP contribution in [-0.2, 0) is 0 Å². The Hall–Kier alpha value is -2.94. The Labute approximate surface area is 186 Å². The van der Waals surface area contributed by atoms with Crippen molar-refractivity contribution in [3.05, 3.63) is 70.2 Å². The smallest absolute Gasteiger partial charge is 0.275 e. The molecular formula is C22H18ClFN2O4S. The Morgan fingerprint density at radius 2 is 1.97 bits per heavy atom. The van der Waals surface area contributed by atoms with Gasteiger partial charge in [0.25, 0.3) is 5.56 Å². The van der Waals surface area contributed by atoms with Crippen molar-refractivity contribution >= 4 is 33.2 Å². The summed E-state index contributed by atoms with van der Waals surface area (Å²) in [5.74, 6) is 0.686. The summed E-state index contributed by atoms with van der Waals surface area (Å²) in [6, 6.07) is 14.2. The van der Waals surface area contributed by atoms with Crippen molar-refractivity contribution in [2.75, 3.05) is 20.4 Å². The maximum absolute atomic E-state index is 13.1. The predicted octanol–water partition coefficient (Wildman–Crippen LogP) is 4.49. The van der Waals surface area contributed by atoms with Gasteiger partial charge >= 0.3 is 0 Å². The van der Waals surface area contributed by atoms with Crippen LogP contribution < -0.4 is 15.0 Å². The zero-order valence-corrected chi connectivity index (χ0v) is 18.0. The van der Waals surface area contributed by atoms with Crippen LogP contribution in [-0.4, -0.2) is 41.2 Å². The third-order valence-corrected chi connectivity index (χ3v) is 6.01. The van der Waals surface area contributed by atoms with E-state index in [0.29, 0.717) is 32.4 Å². The van der Waals surface area contributed by atoms with Gasteiger partial charge in [-0.25, -0.2) is 9.37 Å². The summed E-state index contributed by atoms with van der Waals surface area (Å²) in [5.41, 5.74) is 1.90. The molecule has 0 bridgehead atoms. The van der Waals surface area contributed by atoms with Crippen molar-refractivity contribution in [2.24, 2.45) is 0 Å². The molecule has 1 atom stereocenters. The van der Waals surface area contributed by atoms with Crippen molar-refractivity contribution in [2.45, 2.75) is 6.10 Å². The lowest BCUT2D eigenvalue weighted by molar-refractivity contribution is 0.0829. The lowest BCUT2D eigenvalue weighted by Crippen LogP contribution is -2.20. The number of fused-ring (bicyclic) bond motifs is 1. The summed E-state index contributed by atoms with van der Waals surface area (Å²) in [4.78, 5) is 18.5. The Morgan fingerprint density at radius 3 is 2.68 bits per heavy atom. The molecule has 0 spiro atoms. The third kappa shape index (κ3) is 4.41. The molecule has 1 unspecified atom stereocenters. The fourth-order valence-electron chi connectivity index (χ4n) is 3.01. The van der Waals surface area contributed by atoms with Crippen LogP contribution in [0.2, 0.25) is 5.02 Å². The van der Waals surface area contributed by atoms with E-state index in [1.54, 1.807) is 30.3 Å². The number of aliphatic hydroxyl groups is 1. The minimum atomic E-state index is -1.22. The van der Waals surface area contributed by atoms with Crippen LogP contribution in [0.3, 0.4) is 0 Å². The second-order valence-electron chi connectivity index (χ2n) is 6.71. The van der Waals surface area contributed by atoms with Crippen molar-refractivity contribution in [3.63, 3.8) is 0 Å². The first-order valence-electron chi connectivity index (χ1n) is 9.32. The van der Waals surface area contributed by atoms with Crippen molar-refractivity contribution in [3.8, 4) is 27.6 Å². The fraction of sp³-hybridized carbons (Fsp3) is 0.182. The first-order valence-corrected chi connectivity index (χ1v) is 10.5. The van der Waals surface area contributed by atoms with Crippen LogP contribution in [0.4, 0.5) is 4.39 Å². The molecule has 0 amide bonds. The van der Waals surface area contributed by atoms with Crippen LogP contribution >= 0.6 is 22.9 Å². The van der Waals surface area contributed by atoms with E-state index in [2.05, 4.69) is 4.98 Å². The average molecular weight is 461 g/mol. The summed E-state index contributed by atoms with van der Waals surface area (Å²) < 4.78 is 25.1. The fourth-order valence-corrected chi connectivity index (χ4v) is 4.18. The SMILES string of the molecule is COc1cc(-n2cnc3cc(-c4ccc(Cl)cc4)sc3c2=O)ccc1OCC(O)CF. The van der Waals surface area contributed by atoms with E-state index in [1.165, 1.54) is 29.3 Å². The highest BCUT2D eigenvalue weighted by molar-refractivity contribution is 7.22. The number of alkyl halides is 1. The summed E-state index contributed by atoms with van der Waals surface area (Å²) in [6.07, 6.45) is 0.248. The van der Waals surface area contributed by atoms with E-state index in [4.69, 9.17) is 21.1 Å². The molecule has 2 aromatic carbocycles. The van der Waals surface area contributed by atoms with Crippen LogP contribution in [0, 0.1) is 0 Å². The molecule has 6 nitrogen and oxygen atoms in total. The van der Waals surface area contributed by atoms with E-state index in [1.807, 2.05) is 18.2 Å². The Morgan fingerprint density at radius 1 is 1.19 bits per heavy atom. The number of methoxy groups -OCH3 is 1. The lowest BCUT2D eigenvalue weighted by Gasteiger charge is -2.14. The summed E-state index contributed by atoms with van der Waals surface area (Å²) >= 11 is 7.32. The van der Waals surface area contributed by atoms with Crippen molar-refractivity contribution < 1.29 is 19.0 Å². The molecule has 4 aromatic rings. The quantitative estimate of drug-likeness (QED) is 0.440. The van der Waals surface area contributed by atoms with E-state index in [-0.39, 0.29) is 12.2 Å². The van der Waals surface area contributed by atoms with Gasteiger partial charge in [0.15, 0.2) is 11.5 Å². The molecule has 0 aliphatic carbocycles. The number of halogens is 2. The molecule has 31 heavy (non-hydrogen) atoms. The van der Waals surface area contributed by atoms with Crippen molar-refractivity contribution in [1.82, 2.24) is 9.55 Å². The van der Waals surface area contributed by atoms with Crippen LogP contribution in [0.1, 0.15) is 0 Å². The van der Waals surface area contributed by atoms with Gasteiger partial charge in [-0.05, 0) is 35.9 Å². The molecule has 0 fully saturated rings. The molecule has 0 aliphatic rings. The maximum atomic E-state index is 13.1. The minimum absolute atomic E-state index is 0.206. The molecule has 4 rings (SSSR count). The Balaban J connectivity index is 1.70. The first-order chi connectivity index (χ1) is 15.0. The number of aromatic nitrogens is 2. The topological polar surface area (TPSA) is 73.6 Å². The van der Waals surface area contributed by atoms with E-state index in [0.717, 1.165) is 10.4 Å². The summed E-state index contributed by atoms with van der Waals surface area (Å²) in [7, 11) is 1.46. The van der Waals surface area contributed by atoms with Gasteiger partial charge in [-0.3, -0.25) is 9.36 Å². The standard InChI is InChI=1S/C22H18ClFN2O4S/c1-29-19-8-15(6-7-18(19)30-11-16(27)10-24)26-12-25-17-9-20(31-21(17)22(26)28)13-2-4-14(23)5-3-13/h2-9,12,16,27H,10-11H2,1H3. The number of ether oxygens (including phenoxy) is 2. The lowest BCUT2D eigenvalue weighted by atomic mass is 10.2. The van der Waals surface area contributed by atoms with Crippen LogP contribution in [0.25, 0.3) is 26.3 Å². The van der Waals surface area contributed by atoms with E-state index in [9.17, 15) is 14.3 Å². The molecule has 0 saturated heterocycles. The number of rotatable bonds is 7. The molecule has 2 aromatic heterocycles. The largest absolute Gasteiger partial charge is 0.493 e. The van der Waals surface area contributed by atoms with Crippen molar-refractivity contribution in [1.29, 1.82) is 0 Å². The van der Waals surface area contributed by atoms with Gasteiger partial charge in [0.05, 0.1) is 18.3 Å². The number of hydrogen-bond donors (Lipinski definition) is 1. The number of benzene rings is 2. The number of hydrogen-bond acceptors (Lipinski definition) is 6. The molecule has 0 saturated carbocycles. The normalized spacial score (nSPS) is 12.1. The Kier molecular flexibility index (Phi) is 6.22. The number of aliphatic hydroxyl groups excluding tert-OH is 1. The van der Waals surface area contributed by atoms with Gasteiger partial charge in [0.2, 0.25) is 0 Å². The summed E-state index contributed by atoms with van der Waals surface area (Å²) in [6.45, 7) is -1.11. The zero-order valence-electron chi connectivity index (χ0n) is 16.4. The van der Waals surface area contributed by atoms with Gasteiger partial charge in [0, 0.05) is 16.0 Å². The highest BCUT2D eigenvalue weighted by atomic mass is 35.5. The Bertz CT molecular complexity index is 1270. The third-order valence-electron chi connectivity index (χ3n) is 4.60. The second-order valence-corrected chi connectivity index (χ2v) is 8.19. The molecular weight excluding hydrogens is 443 g/mol. The van der Waals surface area contributed by atoms with Gasteiger partial charge in [0.1, 0.15) is 30.4 Å². The second kappa shape index (κ2) is 9.05. The average Bonchev–Trinajstić information content (AvgIpc) is 3.23. The summed E-state index contributed by atoms with van der Waals surface area (Å²) in [5, 5.41) is 9.99. The number of thiophene rings is 1. The molecule has 9 heteroatoms. The molecule has 160 valence electrons. The van der Waals surface area contributed by atoms with Crippen LogP contribution in [0.15, 0.2) is 59.7 Å². The van der Waals surface area contributed by atoms with Gasteiger partial charge in [-0.15, -0.1) is 11.3 Å². The highest BCUT2D eigenvalue weighted by Crippen LogP contribution is 2.33. The maximum Gasteiger partial charge on any atom is 0.275 e. The first kappa shape index (κ1) is 21.3. The monoisotopic (exact) mass is 460 g/mol. The van der Waals surface area contributed by atoms with Gasteiger partial charge in [-0.1, -0.05) is 23.7 Å². The molecule has 0 radical (unpaired) electrons. The number of nitrogens with zero attached hydrogens (tertiary/aromatic N) is 2. The zero-order chi connectivity index (χ0) is 22.0. The van der Waals surface area contributed by atoms with E-state index < -0.39 is 12.8 Å². The van der Waals surface area contributed by atoms with E-state index >= 15 is 0 Å². The highest BCUT2D eigenvalue weighted by Gasteiger charge is 2.14.